The SMILES string of the molecule is CCN(C)Cc1ccc(-c2cc3cc(F)cc(C(=O)OC)c3o2)cn1. The molecule has 1 aromatic carbocycles. The van der Waals surface area contributed by atoms with Crippen LogP contribution in [0.1, 0.15) is 23.0 Å². The summed E-state index contributed by atoms with van der Waals surface area (Å²) in [7, 11) is 3.27. The van der Waals surface area contributed by atoms with Crippen LogP contribution in [0.15, 0.2) is 40.9 Å². The van der Waals surface area contributed by atoms with Crippen LogP contribution in [0.5, 0.6) is 0 Å². The Hall–Kier alpha value is -2.73. The van der Waals surface area contributed by atoms with Crippen LogP contribution in [-0.2, 0) is 11.3 Å². The highest BCUT2D eigenvalue weighted by molar-refractivity contribution is 6.03. The normalized spacial score (nSPS) is 11.2. The molecule has 0 aliphatic heterocycles. The first-order valence-corrected chi connectivity index (χ1v) is 7.97. The second-order valence-electron chi connectivity index (χ2n) is 5.84. The van der Waals surface area contributed by atoms with Gasteiger partial charge in [0.05, 0.1) is 12.8 Å². The number of benzene rings is 1. The maximum atomic E-state index is 13.7. The molecule has 0 amide bonds. The van der Waals surface area contributed by atoms with Crippen LogP contribution >= 0.6 is 0 Å². The van der Waals surface area contributed by atoms with Gasteiger partial charge in [-0.25, -0.2) is 9.18 Å². The molecule has 0 atom stereocenters. The first kappa shape index (κ1) is 17.1. The van der Waals surface area contributed by atoms with Gasteiger partial charge in [0.25, 0.3) is 0 Å². The number of ether oxygens (including phenoxy) is 1. The van der Waals surface area contributed by atoms with Crippen molar-refractivity contribution >= 4 is 16.9 Å². The summed E-state index contributed by atoms with van der Waals surface area (Å²) in [4.78, 5) is 18.4. The van der Waals surface area contributed by atoms with E-state index in [0.717, 1.165) is 30.4 Å². The zero-order valence-electron chi connectivity index (χ0n) is 14.4. The number of carbonyl (C=O) groups is 1. The van der Waals surface area contributed by atoms with Gasteiger partial charge in [0.1, 0.15) is 22.7 Å². The van der Waals surface area contributed by atoms with Crippen molar-refractivity contribution in [3.05, 3.63) is 53.6 Å². The molecule has 2 heterocycles. The fourth-order valence-corrected chi connectivity index (χ4v) is 2.57. The Labute approximate surface area is 145 Å². The number of methoxy groups -OCH3 is 1. The summed E-state index contributed by atoms with van der Waals surface area (Å²) in [6.45, 7) is 3.78. The van der Waals surface area contributed by atoms with Gasteiger partial charge in [-0.15, -0.1) is 0 Å². The number of rotatable bonds is 5. The maximum absolute atomic E-state index is 13.7. The molecule has 130 valence electrons. The molecule has 5 nitrogen and oxygen atoms in total. The minimum absolute atomic E-state index is 0.0675. The van der Waals surface area contributed by atoms with Gasteiger partial charge in [-0.05, 0) is 43.9 Å². The van der Waals surface area contributed by atoms with E-state index >= 15 is 0 Å². The predicted octanol–water partition coefficient (Wildman–Crippen LogP) is 3.87. The van der Waals surface area contributed by atoms with Crippen LogP contribution in [0.3, 0.4) is 0 Å². The number of fused-ring (bicyclic) bond motifs is 1. The number of halogens is 1. The van der Waals surface area contributed by atoms with Crippen molar-refractivity contribution < 1.29 is 18.3 Å². The van der Waals surface area contributed by atoms with Gasteiger partial charge in [-0.1, -0.05) is 6.92 Å². The van der Waals surface area contributed by atoms with E-state index in [1.165, 1.54) is 13.2 Å². The van der Waals surface area contributed by atoms with Crippen molar-refractivity contribution in [1.82, 2.24) is 9.88 Å². The molecule has 0 saturated heterocycles. The number of hydrogen-bond acceptors (Lipinski definition) is 5. The summed E-state index contributed by atoms with van der Waals surface area (Å²) in [6, 6.07) is 7.96. The van der Waals surface area contributed by atoms with E-state index in [2.05, 4.69) is 16.8 Å². The van der Waals surface area contributed by atoms with E-state index in [-0.39, 0.29) is 5.56 Å². The fraction of sp³-hybridized carbons (Fsp3) is 0.263. The zero-order valence-corrected chi connectivity index (χ0v) is 14.4. The van der Waals surface area contributed by atoms with E-state index < -0.39 is 11.8 Å². The summed E-state index contributed by atoms with van der Waals surface area (Å²) < 4.78 is 24.2. The van der Waals surface area contributed by atoms with Crippen LogP contribution < -0.4 is 0 Å². The molecular weight excluding hydrogens is 323 g/mol. The molecule has 0 N–H and O–H groups in total. The molecule has 0 aliphatic rings. The average molecular weight is 342 g/mol. The second kappa shape index (κ2) is 7.03. The lowest BCUT2D eigenvalue weighted by atomic mass is 10.1. The van der Waals surface area contributed by atoms with Crippen molar-refractivity contribution in [3.63, 3.8) is 0 Å². The third kappa shape index (κ3) is 3.53. The summed E-state index contributed by atoms with van der Waals surface area (Å²) in [5.74, 6) is -0.633. The third-order valence-electron chi connectivity index (χ3n) is 4.07. The highest BCUT2D eigenvalue weighted by Gasteiger charge is 2.18. The number of aromatic nitrogens is 1. The minimum atomic E-state index is -0.638. The molecule has 0 aliphatic carbocycles. The van der Waals surface area contributed by atoms with Crippen molar-refractivity contribution in [3.8, 4) is 11.3 Å². The Kier molecular flexibility index (Phi) is 4.81. The second-order valence-corrected chi connectivity index (χ2v) is 5.84. The first-order chi connectivity index (χ1) is 12.0. The Morgan fingerprint density at radius 1 is 1.32 bits per heavy atom. The van der Waals surface area contributed by atoms with Gasteiger partial charge < -0.3 is 14.1 Å². The van der Waals surface area contributed by atoms with Gasteiger partial charge >= 0.3 is 5.97 Å². The molecule has 0 radical (unpaired) electrons. The number of furan rings is 1. The summed E-state index contributed by atoms with van der Waals surface area (Å²) in [6.07, 6.45) is 1.71. The summed E-state index contributed by atoms with van der Waals surface area (Å²) in [5, 5.41) is 0.505. The van der Waals surface area contributed by atoms with Crippen LogP contribution in [0.25, 0.3) is 22.3 Å². The molecule has 3 rings (SSSR count). The molecule has 3 aromatic rings. The summed E-state index contributed by atoms with van der Waals surface area (Å²) in [5.41, 5.74) is 2.08. The van der Waals surface area contributed by atoms with Crippen molar-refractivity contribution in [2.45, 2.75) is 13.5 Å². The van der Waals surface area contributed by atoms with Gasteiger partial charge in [-0.3, -0.25) is 4.98 Å². The van der Waals surface area contributed by atoms with E-state index in [9.17, 15) is 9.18 Å². The third-order valence-corrected chi connectivity index (χ3v) is 4.07. The van der Waals surface area contributed by atoms with Gasteiger partial charge in [0.15, 0.2) is 0 Å². The number of pyridine rings is 1. The fourth-order valence-electron chi connectivity index (χ4n) is 2.57. The number of carbonyl (C=O) groups excluding carboxylic acids is 1. The van der Waals surface area contributed by atoms with Gasteiger partial charge in [0.2, 0.25) is 0 Å². The predicted molar refractivity (Wildman–Crippen MR) is 92.8 cm³/mol. The number of esters is 1. The maximum Gasteiger partial charge on any atom is 0.341 e. The molecule has 25 heavy (non-hydrogen) atoms. The molecule has 0 bridgehead atoms. The lowest BCUT2D eigenvalue weighted by molar-refractivity contribution is 0.0601. The Bertz CT molecular complexity index is 903. The smallest absolute Gasteiger partial charge is 0.341 e. The van der Waals surface area contributed by atoms with Crippen molar-refractivity contribution in [2.24, 2.45) is 0 Å². The van der Waals surface area contributed by atoms with Crippen LogP contribution in [0, 0.1) is 5.82 Å². The van der Waals surface area contributed by atoms with Gasteiger partial charge in [0, 0.05) is 23.7 Å². The molecule has 0 saturated carbocycles. The molecule has 0 unspecified atom stereocenters. The zero-order chi connectivity index (χ0) is 18.0. The van der Waals surface area contributed by atoms with Crippen molar-refractivity contribution in [2.75, 3.05) is 20.7 Å². The van der Waals surface area contributed by atoms with E-state index in [1.54, 1.807) is 12.3 Å². The lowest BCUT2D eigenvalue weighted by Gasteiger charge is -2.12. The highest BCUT2D eigenvalue weighted by Crippen LogP contribution is 2.31. The Balaban J connectivity index is 1.98. The van der Waals surface area contributed by atoms with Crippen LogP contribution in [-0.4, -0.2) is 36.6 Å². The Morgan fingerprint density at radius 3 is 2.76 bits per heavy atom. The average Bonchev–Trinajstić information content (AvgIpc) is 3.04. The molecule has 0 spiro atoms. The molecule has 0 fully saturated rings. The minimum Gasteiger partial charge on any atom is -0.465 e. The van der Waals surface area contributed by atoms with Crippen molar-refractivity contribution in [1.29, 1.82) is 0 Å². The molecule has 2 aromatic heterocycles. The van der Waals surface area contributed by atoms with E-state index in [1.807, 2.05) is 19.2 Å². The Morgan fingerprint density at radius 2 is 2.12 bits per heavy atom. The highest BCUT2D eigenvalue weighted by atomic mass is 19.1. The first-order valence-electron chi connectivity index (χ1n) is 7.97. The topological polar surface area (TPSA) is 55.6 Å². The van der Waals surface area contributed by atoms with Gasteiger partial charge in [-0.2, -0.15) is 0 Å². The molecular formula is C19H19FN2O3. The standard InChI is InChI=1S/C19H19FN2O3/c1-4-22(2)11-15-6-5-12(10-21-15)17-8-13-7-14(20)9-16(18(13)25-17)19(23)24-3/h5-10H,4,11H2,1-3H3. The summed E-state index contributed by atoms with van der Waals surface area (Å²) >= 11 is 0. The quantitative estimate of drug-likeness (QED) is 0.659. The van der Waals surface area contributed by atoms with Crippen LogP contribution in [0.4, 0.5) is 4.39 Å². The number of hydrogen-bond donors (Lipinski definition) is 0. The number of nitrogens with zero attached hydrogens (tertiary/aromatic N) is 2. The van der Waals surface area contributed by atoms with E-state index in [4.69, 9.17) is 9.15 Å². The monoisotopic (exact) mass is 342 g/mol. The van der Waals surface area contributed by atoms with E-state index in [0.29, 0.717) is 16.7 Å². The van der Waals surface area contributed by atoms with Crippen LogP contribution in [0.2, 0.25) is 0 Å². The molecule has 6 heteroatoms. The lowest BCUT2D eigenvalue weighted by Crippen LogP contribution is -2.17. The largest absolute Gasteiger partial charge is 0.465 e.